The van der Waals surface area contributed by atoms with Gasteiger partial charge in [0.25, 0.3) is 0 Å². The molecule has 23 heavy (non-hydrogen) atoms. The number of hydrogen-bond donors (Lipinski definition) is 2. The summed E-state index contributed by atoms with van der Waals surface area (Å²) >= 11 is 0. The maximum atomic E-state index is 13.8. The number of fused-ring (bicyclic) bond motifs is 1. The predicted octanol–water partition coefficient (Wildman–Crippen LogP) is 1.49. The molecule has 2 N–H and O–H groups in total. The summed E-state index contributed by atoms with van der Waals surface area (Å²) in [4.78, 5) is 19.0. The van der Waals surface area contributed by atoms with E-state index in [0.717, 1.165) is 0 Å². The molecule has 7 nitrogen and oxygen atoms in total. The molecule has 0 bridgehead atoms. The zero-order valence-electron chi connectivity index (χ0n) is 12.4. The number of para-hydroxylation sites is 1. The van der Waals surface area contributed by atoms with Crippen LogP contribution in [0.3, 0.4) is 0 Å². The molecule has 8 heteroatoms. The fourth-order valence-electron chi connectivity index (χ4n) is 2.24. The van der Waals surface area contributed by atoms with Gasteiger partial charge in [0.1, 0.15) is 12.4 Å². The van der Waals surface area contributed by atoms with Crippen LogP contribution in [0.2, 0.25) is 0 Å². The smallest absolute Gasteiger partial charge is 0.240 e. The minimum Gasteiger partial charge on any atom is -0.377 e. The number of halogens is 1. The van der Waals surface area contributed by atoms with Gasteiger partial charge in [-0.05, 0) is 12.1 Å². The van der Waals surface area contributed by atoms with E-state index in [1.165, 1.54) is 18.2 Å². The van der Waals surface area contributed by atoms with Crippen molar-refractivity contribution in [2.24, 2.45) is 0 Å². The highest BCUT2D eigenvalue weighted by molar-refractivity contribution is 5.78. The fourth-order valence-corrected chi connectivity index (χ4v) is 2.24. The third-order valence-corrected chi connectivity index (χ3v) is 3.25. The van der Waals surface area contributed by atoms with E-state index in [4.69, 9.17) is 9.26 Å². The lowest BCUT2D eigenvalue weighted by Crippen LogP contribution is -2.16. The van der Waals surface area contributed by atoms with Gasteiger partial charge in [-0.1, -0.05) is 11.2 Å². The van der Waals surface area contributed by atoms with Crippen LogP contribution in [0.1, 0.15) is 17.4 Å². The molecule has 0 saturated carbocycles. The van der Waals surface area contributed by atoms with Crippen LogP contribution < -0.4 is 10.7 Å². The quantitative estimate of drug-likeness (QED) is 0.715. The zero-order valence-corrected chi connectivity index (χ0v) is 12.4. The molecular weight excluding hydrogens is 303 g/mol. The van der Waals surface area contributed by atoms with Gasteiger partial charge < -0.3 is 19.6 Å². The van der Waals surface area contributed by atoms with Crippen molar-refractivity contribution in [3.8, 4) is 0 Å². The van der Waals surface area contributed by atoms with Gasteiger partial charge in [-0.15, -0.1) is 0 Å². The second-order valence-electron chi connectivity index (χ2n) is 4.96. The van der Waals surface area contributed by atoms with Crippen molar-refractivity contribution in [1.82, 2.24) is 20.4 Å². The van der Waals surface area contributed by atoms with Gasteiger partial charge in [-0.25, -0.2) is 4.39 Å². The Labute approximate surface area is 130 Å². The molecule has 3 rings (SSSR count). The maximum absolute atomic E-state index is 13.8. The van der Waals surface area contributed by atoms with Crippen molar-refractivity contribution in [1.29, 1.82) is 0 Å². The van der Waals surface area contributed by atoms with Crippen LogP contribution >= 0.6 is 0 Å². The van der Waals surface area contributed by atoms with Crippen LogP contribution in [0.25, 0.3) is 10.9 Å². The number of nitrogens with zero attached hydrogens (tertiary/aromatic N) is 2. The van der Waals surface area contributed by atoms with Crippen LogP contribution in [0.5, 0.6) is 0 Å². The molecule has 0 atom stereocenters. The molecule has 0 aliphatic carbocycles. The van der Waals surface area contributed by atoms with Crippen LogP contribution in [-0.4, -0.2) is 22.2 Å². The Morgan fingerprint density at radius 1 is 1.39 bits per heavy atom. The van der Waals surface area contributed by atoms with Crippen molar-refractivity contribution < 1.29 is 13.7 Å². The summed E-state index contributed by atoms with van der Waals surface area (Å²) in [5, 5.41) is 7.12. The van der Waals surface area contributed by atoms with Crippen LogP contribution in [0.4, 0.5) is 4.39 Å². The first kappa shape index (κ1) is 15.3. The molecule has 0 unspecified atom stereocenters. The SMILES string of the molecule is COCc1noc(CNCc2cc(=O)c3cccc(F)c3[nH]2)n1. The van der Waals surface area contributed by atoms with Crippen molar-refractivity contribution in [2.45, 2.75) is 19.7 Å². The molecule has 2 aromatic heterocycles. The number of hydrogen-bond acceptors (Lipinski definition) is 6. The van der Waals surface area contributed by atoms with Crippen molar-refractivity contribution in [2.75, 3.05) is 7.11 Å². The van der Waals surface area contributed by atoms with E-state index in [9.17, 15) is 9.18 Å². The van der Waals surface area contributed by atoms with E-state index in [-0.39, 0.29) is 17.6 Å². The monoisotopic (exact) mass is 318 g/mol. The lowest BCUT2D eigenvalue weighted by molar-refractivity contribution is 0.174. The molecule has 120 valence electrons. The zero-order chi connectivity index (χ0) is 16.2. The molecule has 2 heterocycles. The predicted molar refractivity (Wildman–Crippen MR) is 80.1 cm³/mol. The first-order valence-electron chi connectivity index (χ1n) is 6.99. The Morgan fingerprint density at radius 2 is 2.26 bits per heavy atom. The molecule has 0 fully saturated rings. The highest BCUT2D eigenvalue weighted by Gasteiger charge is 2.08. The summed E-state index contributed by atoms with van der Waals surface area (Å²) in [5.41, 5.74) is 0.552. The highest BCUT2D eigenvalue weighted by atomic mass is 19.1. The Balaban J connectivity index is 1.69. The first-order chi connectivity index (χ1) is 11.2. The van der Waals surface area contributed by atoms with Crippen molar-refractivity contribution >= 4 is 10.9 Å². The molecule has 0 amide bonds. The van der Waals surface area contributed by atoms with Crippen LogP contribution in [0, 0.1) is 5.82 Å². The van der Waals surface area contributed by atoms with E-state index in [2.05, 4.69) is 20.4 Å². The van der Waals surface area contributed by atoms with E-state index in [0.29, 0.717) is 35.9 Å². The molecule has 0 aliphatic heterocycles. The van der Waals surface area contributed by atoms with Crippen LogP contribution in [0.15, 0.2) is 33.6 Å². The number of pyridine rings is 1. The van der Waals surface area contributed by atoms with Gasteiger partial charge in [0, 0.05) is 30.8 Å². The minimum absolute atomic E-state index is 0.206. The third-order valence-electron chi connectivity index (χ3n) is 3.25. The third kappa shape index (κ3) is 3.43. The Hall–Kier alpha value is -2.58. The minimum atomic E-state index is -0.456. The van der Waals surface area contributed by atoms with Gasteiger partial charge in [0.05, 0.1) is 12.1 Å². The summed E-state index contributed by atoms with van der Waals surface area (Å²) < 4.78 is 23.7. The largest absolute Gasteiger partial charge is 0.377 e. The lowest BCUT2D eigenvalue weighted by atomic mass is 10.2. The van der Waals surface area contributed by atoms with Gasteiger partial charge in [-0.3, -0.25) is 4.79 Å². The van der Waals surface area contributed by atoms with Gasteiger partial charge in [0.2, 0.25) is 5.89 Å². The Morgan fingerprint density at radius 3 is 3.09 bits per heavy atom. The number of ether oxygens (including phenoxy) is 1. The molecule has 0 saturated heterocycles. The fraction of sp³-hybridized carbons (Fsp3) is 0.267. The number of rotatable bonds is 6. The normalized spacial score (nSPS) is 11.2. The average molecular weight is 318 g/mol. The average Bonchev–Trinajstić information content (AvgIpc) is 2.96. The topological polar surface area (TPSA) is 93.0 Å². The standard InChI is InChI=1S/C15H15FN4O3/c1-22-8-13-19-14(23-20-13)7-17-6-9-5-12(21)10-3-2-4-11(16)15(10)18-9/h2-5,17H,6-8H2,1H3,(H,18,21). The highest BCUT2D eigenvalue weighted by Crippen LogP contribution is 2.12. The maximum Gasteiger partial charge on any atom is 0.240 e. The summed E-state index contributed by atoms with van der Waals surface area (Å²) in [6, 6.07) is 5.85. The summed E-state index contributed by atoms with van der Waals surface area (Å²) in [7, 11) is 1.55. The summed E-state index contributed by atoms with van der Waals surface area (Å²) in [5.74, 6) is 0.416. The molecular formula is C15H15FN4O3. The van der Waals surface area contributed by atoms with Gasteiger partial charge in [0.15, 0.2) is 11.3 Å². The first-order valence-corrected chi connectivity index (χ1v) is 6.99. The molecule has 0 radical (unpaired) electrons. The summed E-state index contributed by atoms with van der Waals surface area (Å²) in [6.07, 6.45) is 0. The Kier molecular flexibility index (Phi) is 4.45. The number of aromatic amines is 1. The van der Waals surface area contributed by atoms with Crippen molar-refractivity contribution in [3.63, 3.8) is 0 Å². The van der Waals surface area contributed by atoms with Crippen molar-refractivity contribution in [3.05, 3.63) is 57.7 Å². The lowest BCUT2D eigenvalue weighted by Gasteiger charge is -2.05. The van der Waals surface area contributed by atoms with E-state index in [1.807, 2.05) is 0 Å². The number of H-pyrrole nitrogens is 1. The van der Waals surface area contributed by atoms with Gasteiger partial charge >= 0.3 is 0 Å². The molecule has 0 spiro atoms. The van der Waals surface area contributed by atoms with E-state index in [1.54, 1.807) is 13.2 Å². The number of benzene rings is 1. The number of methoxy groups -OCH3 is 1. The second-order valence-corrected chi connectivity index (χ2v) is 4.96. The molecule has 1 aromatic carbocycles. The number of nitrogens with one attached hydrogen (secondary N) is 2. The second kappa shape index (κ2) is 6.67. The molecule has 3 aromatic rings. The summed E-state index contributed by atoms with van der Waals surface area (Å²) in [6.45, 7) is 0.941. The molecule has 0 aliphatic rings. The van der Waals surface area contributed by atoms with E-state index >= 15 is 0 Å². The van der Waals surface area contributed by atoms with E-state index < -0.39 is 5.82 Å². The Bertz CT molecular complexity index is 875. The van der Waals surface area contributed by atoms with Gasteiger partial charge in [-0.2, -0.15) is 4.98 Å². The number of aromatic nitrogens is 3. The van der Waals surface area contributed by atoms with Crippen LogP contribution in [-0.2, 0) is 24.4 Å².